The number of rotatable bonds is 5. The van der Waals surface area contributed by atoms with Gasteiger partial charge in [0.15, 0.2) is 11.5 Å². The van der Waals surface area contributed by atoms with Crippen LogP contribution < -0.4 is 10.7 Å². The smallest absolute Gasteiger partial charge is 0.230 e. The van der Waals surface area contributed by atoms with E-state index in [0.29, 0.717) is 29.0 Å². The molecule has 2 aromatic heterocycles. The second-order valence-electron chi connectivity index (χ2n) is 3.92. The van der Waals surface area contributed by atoms with Gasteiger partial charge in [-0.05, 0) is 15.9 Å². The molecule has 1 N–H and O–H groups in total. The fourth-order valence-corrected chi connectivity index (χ4v) is 2.17. The van der Waals surface area contributed by atoms with Crippen LogP contribution in [0.1, 0.15) is 0 Å². The van der Waals surface area contributed by atoms with Gasteiger partial charge in [0.05, 0.1) is 11.0 Å². The van der Waals surface area contributed by atoms with E-state index in [1.165, 1.54) is 12.3 Å². The van der Waals surface area contributed by atoms with E-state index in [-0.39, 0.29) is 11.0 Å². The number of hydrogen-bond acceptors (Lipinski definition) is 6. The molecule has 0 saturated heterocycles. The van der Waals surface area contributed by atoms with E-state index >= 15 is 0 Å². The summed E-state index contributed by atoms with van der Waals surface area (Å²) in [6.45, 7) is 1.08. The third-order valence-electron chi connectivity index (χ3n) is 2.57. The van der Waals surface area contributed by atoms with Crippen molar-refractivity contribution >= 4 is 44.3 Å². The maximum Gasteiger partial charge on any atom is 0.230 e. The predicted molar refractivity (Wildman–Crippen MR) is 77.6 cm³/mol. The van der Waals surface area contributed by atoms with E-state index in [4.69, 9.17) is 8.83 Å². The fourth-order valence-electron chi connectivity index (χ4n) is 1.47. The Hall–Kier alpha value is -0.960. The van der Waals surface area contributed by atoms with Crippen LogP contribution in [-0.2, 0) is 11.4 Å². The average molecular weight is 349 g/mol. The first kappa shape index (κ1) is 14.4. The molecule has 6 nitrogen and oxygen atoms in total. The molecule has 0 aromatic carbocycles. The lowest BCUT2D eigenvalue weighted by Gasteiger charge is -2.16. The summed E-state index contributed by atoms with van der Waals surface area (Å²) in [5.74, 6) is 0.356. The summed E-state index contributed by atoms with van der Waals surface area (Å²) in [7, 11) is 1.75. The molecule has 2 heterocycles. The Balaban J connectivity index is 2.09. The third kappa shape index (κ3) is 3.33. The van der Waals surface area contributed by atoms with E-state index in [2.05, 4.69) is 21.2 Å². The second kappa shape index (κ2) is 6.00. The molecule has 19 heavy (non-hydrogen) atoms. The molecule has 2 aromatic rings. The molecule has 1 unspecified atom stereocenters. The van der Waals surface area contributed by atoms with E-state index in [1.54, 1.807) is 17.6 Å². The van der Waals surface area contributed by atoms with Gasteiger partial charge in [-0.2, -0.15) is 0 Å². The first-order valence-electron chi connectivity index (χ1n) is 5.48. The SMILES string of the molecule is CN(CCNc1cc(=O)c2occ(Br)c2o1)[S+](C)[O-]. The summed E-state index contributed by atoms with van der Waals surface area (Å²) in [6, 6.07) is 1.33. The minimum Gasteiger partial charge on any atom is -0.598 e. The highest BCUT2D eigenvalue weighted by Gasteiger charge is 2.12. The maximum absolute atomic E-state index is 11.7. The Morgan fingerprint density at radius 2 is 2.26 bits per heavy atom. The Kier molecular flexibility index (Phi) is 4.56. The molecule has 0 aliphatic carbocycles. The normalized spacial score (nSPS) is 13.1. The molecule has 0 saturated carbocycles. The van der Waals surface area contributed by atoms with Crippen molar-refractivity contribution in [1.29, 1.82) is 0 Å². The molecule has 0 aliphatic rings. The highest BCUT2D eigenvalue weighted by atomic mass is 79.9. The highest BCUT2D eigenvalue weighted by molar-refractivity contribution is 9.10. The van der Waals surface area contributed by atoms with Crippen molar-refractivity contribution in [3.63, 3.8) is 0 Å². The van der Waals surface area contributed by atoms with Crippen molar-refractivity contribution in [2.24, 2.45) is 0 Å². The van der Waals surface area contributed by atoms with Gasteiger partial charge in [-0.15, -0.1) is 4.31 Å². The van der Waals surface area contributed by atoms with Gasteiger partial charge in [-0.25, -0.2) is 0 Å². The Morgan fingerprint density at radius 1 is 1.53 bits per heavy atom. The van der Waals surface area contributed by atoms with Crippen LogP contribution in [0.15, 0.2) is 30.4 Å². The van der Waals surface area contributed by atoms with Crippen LogP contribution in [-0.4, -0.2) is 35.3 Å². The highest BCUT2D eigenvalue weighted by Crippen LogP contribution is 2.25. The number of anilines is 1. The van der Waals surface area contributed by atoms with Crippen LogP contribution in [0.4, 0.5) is 5.88 Å². The number of hydrogen-bond donors (Lipinski definition) is 1. The fraction of sp³-hybridized carbons (Fsp3) is 0.364. The first-order valence-corrected chi connectivity index (χ1v) is 7.79. The first-order chi connectivity index (χ1) is 8.99. The van der Waals surface area contributed by atoms with Crippen molar-refractivity contribution in [3.05, 3.63) is 27.0 Å². The second-order valence-corrected chi connectivity index (χ2v) is 6.24. The zero-order valence-electron chi connectivity index (χ0n) is 10.4. The van der Waals surface area contributed by atoms with Crippen LogP contribution in [0.3, 0.4) is 0 Å². The molecule has 1 atom stereocenters. The molecule has 0 fully saturated rings. The minimum atomic E-state index is -1.01. The van der Waals surface area contributed by atoms with Crippen LogP contribution >= 0.6 is 15.9 Å². The molecular weight excluding hydrogens is 336 g/mol. The van der Waals surface area contributed by atoms with E-state index in [0.717, 1.165) is 0 Å². The Labute approximate surface area is 121 Å². The lowest BCUT2D eigenvalue weighted by atomic mass is 10.4. The lowest BCUT2D eigenvalue weighted by Crippen LogP contribution is -2.30. The van der Waals surface area contributed by atoms with Gasteiger partial charge in [0.2, 0.25) is 11.0 Å². The van der Waals surface area contributed by atoms with Gasteiger partial charge in [-0.1, -0.05) is 0 Å². The molecule has 2 rings (SSSR count). The summed E-state index contributed by atoms with van der Waals surface area (Å²) < 4.78 is 24.0. The van der Waals surface area contributed by atoms with Gasteiger partial charge >= 0.3 is 0 Å². The maximum atomic E-state index is 11.7. The van der Waals surface area contributed by atoms with Crippen molar-refractivity contribution in [1.82, 2.24) is 4.31 Å². The monoisotopic (exact) mass is 348 g/mol. The van der Waals surface area contributed by atoms with E-state index < -0.39 is 11.4 Å². The molecule has 104 valence electrons. The molecule has 8 heteroatoms. The van der Waals surface area contributed by atoms with Crippen LogP contribution in [0.5, 0.6) is 0 Å². The minimum absolute atomic E-state index is 0.184. The number of likely N-dealkylation sites (N-methyl/N-ethyl adjacent to an activating group) is 1. The van der Waals surface area contributed by atoms with Gasteiger partial charge < -0.3 is 18.7 Å². The number of nitrogens with one attached hydrogen (secondary N) is 1. The summed E-state index contributed by atoms with van der Waals surface area (Å²) in [4.78, 5) is 11.7. The molecule has 0 spiro atoms. The summed E-state index contributed by atoms with van der Waals surface area (Å²) in [5, 5.41) is 2.98. The Bertz CT molecular complexity index is 625. The van der Waals surface area contributed by atoms with E-state index in [1.807, 2.05) is 0 Å². The van der Waals surface area contributed by atoms with Gasteiger partial charge in [0.1, 0.15) is 12.5 Å². The molecular formula is C11H13BrN2O4S. The van der Waals surface area contributed by atoms with Gasteiger partial charge in [-0.3, -0.25) is 4.79 Å². The molecule has 0 amide bonds. The van der Waals surface area contributed by atoms with Crippen molar-refractivity contribution in [2.45, 2.75) is 0 Å². The summed E-state index contributed by atoms with van der Waals surface area (Å²) >= 11 is 2.23. The van der Waals surface area contributed by atoms with Crippen LogP contribution in [0.2, 0.25) is 0 Å². The molecule has 0 bridgehead atoms. The van der Waals surface area contributed by atoms with Gasteiger partial charge in [0, 0.05) is 31.0 Å². The third-order valence-corrected chi connectivity index (χ3v) is 4.17. The number of fused-ring (bicyclic) bond motifs is 1. The van der Waals surface area contributed by atoms with Crippen molar-refractivity contribution < 1.29 is 13.4 Å². The molecule has 0 radical (unpaired) electrons. The zero-order chi connectivity index (χ0) is 14.0. The number of furan rings is 1. The van der Waals surface area contributed by atoms with Crippen LogP contribution in [0.25, 0.3) is 11.2 Å². The predicted octanol–water partition coefficient (Wildman–Crippen LogP) is 1.79. The van der Waals surface area contributed by atoms with Crippen LogP contribution in [0, 0.1) is 0 Å². The largest absolute Gasteiger partial charge is 0.598 e. The quantitative estimate of drug-likeness (QED) is 0.829. The summed E-state index contributed by atoms with van der Waals surface area (Å²) in [6.07, 6.45) is 3.02. The Morgan fingerprint density at radius 3 is 2.95 bits per heavy atom. The van der Waals surface area contributed by atoms with Crippen molar-refractivity contribution in [2.75, 3.05) is 31.7 Å². The number of nitrogens with zero attached hydrogens (tertiary/aromatic N) is 1. The average Bonchev–Trinajstić information content (AvgIpc) is 2.71. The number of halogens is 1. The standard InChI is InChI=1S/C11H13BrN2O4S/c1-14(19(2)16)4-3-13-9-5-8(15)11-10(18-9)7(12)6-17-11/h5-6,13H,3-4H2,1-2H3. The van der Waals surface area contributed by atoms with Crippen molar-refractivity contribution in [3.8, 4) is 0 Å². The molecule has 0 aliphatic heterocycles. The lowest BCUT2D eigenvalue weighted by molar-refractivity contribution is 0.483. The van der Waals surface area contributed by atoms with E-state index in [9.17, 15) is 9.35 Å². The zero-order valence-corrected chi connectivity index (χ0v) is 12.8. The summed E-state index contributed by atoms with van der Waals surface area (Å²) in [5.41, 5.74) is 0.313. The van der Waals surface area contributed by atoms with Gasteiger partial charge in [0.25, 0.3) is 0 Å². The topological polar surface area (TPSA) is 81.7 Å².